The van der Waals surface area contributed by atoms with Crippen molar-refractivity contribution in [1.82, 2.24) is 5.32 Å². The van der Waals surface area contributed by atoms with Gasteiger partial charge in [0.25, 0.3) is 0 Å². The standard InChI is InChI=1S/C16H24N2S/c1-4-11-18-16(12-17,13-19-14(3)5-2)15-9-7-6-8-10-15/h6-10,14,18H,4-5,11,13H2,1-3H3. The molecule has 0 aliphatic carbocycles. The fourth-order valence-corrected chi connectivity index (χ4v) is 2.92. The SMILES string of the molecule is CCCNC(C#N)(CSC(C)CC)c1ccccc1. The smallest absolute Gasteiger partial charge is 0.141 e. The minimum absolute atomic E-state index is 0.564. The van der Waals surface area contributed by atoms with Gasteiger partial charge in [0, 0.05) is 11.0 Å². The molecule has 0 fully saturated rings. The van der Waals surface area contributed by atoms with E-state index in [2.05, 4.69) is 32.2 Å². The van der Waals surface area contributed by atoms with Crippen LogP contribution in [-0.4, -0.2) is 17.5 Å². The molecule has 104 valence electrons. The second-order valence-corrected chi connectivity index (χ2v) is 6.27. The van der Waals surface area contributed by atoms with Crippen LogP contribution in [0.1, 0.15) is 39.2 Å². The van der Waals surface area contributed by atoms with Gasteiger partial charge in [0.05, 0.1) is 6.07 Å². The number of benzene rings is 1. The van der Waals surface area contributed by atoms with Crippen LogP contribution in [0.3, 0.4) is 0 Å². The highest BCUT2D eigenvalue weighted by Crippen LogP contribution is 2.28. The van der Waals surface area contributed by atoms with E-state index in [1.165, 1.54) is 0 Å². The molecule has 2 unspecified atom stereocenters. The molecule has 0 bridgehead atoms. The number of hydrogen-bond acceptors (Lipinski definition) is 3. The average Bonchev–Trinajstić information content (AvgIpc) is 2.48. The molecular weight excluding hydrogens is 252 g/mol. The minimum Gasteiger partial charge on any atom is -0.295 e. The van der Waals surface area contributed by atoms with Gasteiger partial charge in [-0.3, -0.25) is 5.32 Å². The molecule has 0 aliphatic rings. The van der Waals surface area contributed by atoms with E-state index in [-0.39, 0.29) is 0 Å². The molecule has 2 atom stereocenters. The Morgan fingerprint density at radius 1 is 1.32 bits per heavy atom. The summed E-state index contributed by atoms with van der Waals surface area (Å²) in [4.78, 5) is 0. The normalized spacial score (nSPS) is 15.5. The fraction of sp³-hybridized carbons (Fsp3) is 0.562. The third-order valence-electron chi connectivity index (χ3n) is 3.29. The van der Waals surface area contributed by atoms with Crippen molar-refractivity contribution in [2.45, 2.75) is 44.4 Å². The van der Waals surface area contributed by atoms with Crippen LogP contribution in [0, 0.1) is 11.3 Å². The Labute approximate surface area is 121 Å². The molecule has 19 heavy (non-hydrogen) atoms. The summed E-state index contributed by atoms with van der Waals surface area (Å²) in [6.45, 7) is 7.40. The van der Waals surface area contributed by atoms with Crippen LogP contribution < -0.4 is 5.32 Å². The molecule has 1 N–H and O–H groups in total. The van der Waals surface area contributed by atoms with E-state index in [4.69, 9.17) is 0 Å². The molecule has 1 aromatic rings. The minimum atomic E-state index is -0.564. The van der Waals surface area contributed by atoms with Crippen LogP contribution in [0.5, 0.6) is 0 Å². The van der Waals surface area contributed by atoms with Gasteiger partial charge in [0.1, 0.15) is 5.54 Å². The first-order valence-corrected chi connectivity index (χ1v) is 8.06. The summed E-state index contributed by atoms with van der Waals surface area (Å²) in [5, 5.41) is 13.7. The van der Waals surface area contributed by atoms with Gasteiger partial charge in [0.2, 0.25) is 0 Å². The molecule has 1 aromatic carbocycles. The summed E-state index contributed by atoms with van der Waals surface area (Å²) >= 11 is 1.87. The molecule has 1 rings (SSSR count). The second kappa shape index (κ2) is 8.24. The van der Waals surface area contributed by atoms with E-state index in [0.29, 0.717) is 5.25 Å². The Kier molecular flexibility index (Phi) is 6.97. The molecule has 0 aliphatic heterocycles. The highest BCUT2D eigenvalue weighted by atomic mass is 32.2. The zero-order valence-electron chi connectivity index (χ0n) is 12.1. The zero-order chi connectivity index (χ0) is 14.1. The summed E-state index contributed by atoms with van der Waals surface area (Å²) in [5.41, 5.74) is 0.507. The molecule has 0 amide bonds. The first-order chi connectivity index (χ1) is 9.18. The van der Waals surface area contributed by atoms with E-state index < -0.39 is 5.54 Å². The summed E-state index contributed by atoms with van der Waals surface area (Å²) < 4.78 is 0. The lowest BCUT2D eigenvalue weighted by Crippen LogP contribution is -2.44. The molecule has 0 heterocycles. The van der Waals surface area contributed by atoms with Gasteiger partial charge < -0.3 is 0 Å². The van der Waals surface area contributed by atoms with Crippen molar-refractivity contribution in [2.24, 2.45) is 0 Å². The Hall–Kier alpha value is -0.980. The van der Waals surface area contributed by atoms with Gasteiger partial charge in [-0.2, -0.15) is 17.0 Å². The fourth-order valence-electron chi connectivity index (χ4n) is 1.82. The lowest BCUT2D eigenvalue weighted by atomic mass is 9.93. The maximum Gasteiger partial charge on any atom is 0.141 e. The van der Waals surface area contributed by atoms with Crippen molar-refractivity contribution in [3.05, 3.63) is 35.9 Å². The first kappa shape index (κ1) is 16.1. The van der Waals surface area contributed by atoms with Gasteiger partial charge >= 0.3 is 0 Å². The Bertz CT molecular complexity index is 399. The number of rotatable bonds is 8. The van der Waals surface area contributed by atoms with E-state index in [9.17, 15) is 5.26 Å². The number of hydrogen-bond donors (Lipinski definition) is 1. The predicted octanol–water partition coefficient (Wildman–Crippen LogP) is 3.94. The average molecular weight is 276 g/mol. The van der Waals surface area contributed by atoms with Crippen LogP contribution in [-0.2, 0) is 5.54 Å². The van der Waals surface area contributed by atoms with Gasteiger partial charge in [0.15, 0.2) is 0 Å². The van der Waals surface area contributed by atoms with E-state index in [1.54, 1.807) is 0 Å². The van der Waals surface area contributed by atoms with Crippen LogP contribution >= 0.6 is 11.8 Å². The van der Waals surface area contributed by atoms with Gasteiger partial charge in [-0.1, -0.05) is 51.1 Å². The highest BCUT2D eigenvalue weighted by molar-refractivity contribution is 7.99. The number of nitrogens with one attached hydrogen (secondary N) is 1. The van der Waals surface area contributed by atoms with Crippen molar-refractivity contribution in [3.8, 4) is 6.07 Å². The topological polar surface area (TPSA) is 35.8 Å². The van der Waals surface area contributed by atoms with E-state index in [0.717, 1.165) is 30.7 Å². The van der Waals surface area contributed by atoms with Crippen molar-refractivity contribution < 1.29 is 0 Å². The summed E-state index contributed by atoms with van der Waals surface area (Å²) in [5.74, 6) is 0.794. The molecule has 0 spiro atoms. The summed E-state index contributed by atoms with van der Waals surface area (Å²) in [6.07, 6.45) is 2.17. The molecule has 0 saturated carbocycles. The number of nitrogens with zero attached hydrogens (tertiary/aromatic N) is 1. The maximum absolute atomic E-state index is 9.72. The van der Waals surface area contributed by atoms with E-state index >= 15 is 0 Å². The molecule has 0 aromatic heterocycles. The summed E-state index contributed by atoms with van der Waals surface area (Å²) in [6, 6.07) is 12.6. The first-order valence-electron chi connectivity index (χ1n) is 7.02. The molecule has 3 heteroatoms. The summed E-state index contributed by atoms with van der Waals surface area (Å²) in [7, 11) is 0. The largest absolute Gasteiger partial charge is 0.295 e. The van der Waals surface area contributed by atoms with Crippen molar-refractivity contribution >= 4 is 11.8 Å². The molecular formula is C16H24N2S. The lowest BCUT2D eigenvalue weighted by Gasteiger charge is -2.29. The third-order valence-corrected chi connectivity index (χ3v) is 4.80. The Morgan fingerprint density at radius 3 is 2.53 bits per heavy atom. The Morgan fingerprint density at radius 2 is 2.00 bits per heavy atom. The quantitative estimate of drug-likeness (QED) is 0.781. The number of nitriles is 1. The van der Waals surface area contributed by atoms with Crippen LogP contribution in [0.25, 0.3) is 0 Å². The second-order valence-electron chi connectivity index (χ2n) is 4.84. The van der Waals surface area contributed by atoms with Crippen LogP contribution in [0.4, 0.5) is 0 Å². The van der Waals surface area contributed by atoms with Gasteiger partial charge in [-0.05, 0) is 24.9 Å². The third kappa shape index (κ3) is 4.56. The number of thioether (sulfide) groups is 1. The van der Waals surface area contributed by atoms with Crippen LogP contribution in [0.15, 0.2) is 30.3 Å². The van der Waals surface area contributed by atoms with Crippen LogP contribution in [0.2, 0.25) is 0 Å². The lowest BCUT2D eigenvalue weighted by molar-refractivity contribution is 0.473. The van der Waals surface area contributed by atoms with Gasteiger partial charge in [-0.25, -0.2) is 0 Å². The van der Waals surface area contributed by atoms with Crippen molar-refractivity contribution in [1.29, 1.82) is 5.26 Å². The monoisotopic (exact) mass is 276 g/mol. The maximum atomic E-state index is 9.72. The van der Waals surface area contributed by atoms with Gasteiger partial charge in [-0.15, -0.1) is 0 Å². The zero-order valence-corrected chi connectivity index (χ0v) is 13.0. The molecule has 2 nitrogen and oxygen atoms in total. The Balaban J connectivity index is 2.92. The predicted molar refractivity (Wildman–Crippen MR) is 84.2 cm³/mol. The molecule has 0 saturated heterocycles. The van der Waals surface area contributed by atoms with E-state index in [1.807, 2.05) is 42.1 Å². The van der Waals surface area contributed by atoms with Crippen molar-refractivity contribution in [2.75, 3.05) is 12.3 Å². The van der Waals surface area contributed by atoms with Crippen molar-refractivity contribution in [3.63, 3.8) is 0 Å². The highest BCUT2D eigenvalue weighted by Gasteiger charge is 2.31. The molecule has 0 radical (unpaired) electrons.